The highest BCUT2D eigenvalue weighted by Gasteiger charge is 2.20. The molecule has 1 fully saturated rings. The molecule has 0 unspecified atom stereocenters. The minimum absolute atomic E-state index is 0.0807. The lowest BCUT2D eigenvalue weighted by Crippen LogP contribution is -2.39. The molecule has 0 aliphatic heterocycles. The van der Waals surface area contributed by atoms with E-state index in [2.05, 4.69) is 5.32 Å². The molecule has 0 heterocycles. The topological polar surface area (TPSA) is 72.2 Å². The van der Waals surface area contributed by atoms with Crippen LogP contribution in [0.2, 0.25) is 0 Å². The Hall–Kier alpha value is -1.06. The third-order valence-corrected chi connectivity index (χ3v) is 2.59. The van der Waals surface area contributed by atoms with Crippen LogP contribution in [0.15, 0.2) is 0 Å². The fraction of sp³-hybridized carbons (Fsp3) is 0.700. The average molecular weight is 197 g/mol. The maximum atomic E-state index is 11.3. The van der Waals surface area contributed by atoms with Crippen LogP contribution >= 0.6 is 0 Å². The van der Waals surface area contributed by atoms with E-state index >= 15 is 0 Å². The van der Waals surface area contributed by atoms with Crippen molar-refractivity contribution >= 4 is 11.8 Å². The Bertz CT molecular complexity index is 224. The van der Waals surface area contributed by atoms with Gasteiger partial charge in [0.25, 0.3) is 0 Å². The van der Waals surface area contributed by atoms with Crippen molar-refractivity contribution in [3.05, 3.63) is 6.42 Å². The third kappa shape index (κ3) is 3.36. The molecule has 14 heavy (non-hydrogen) atoms. The second kappa shape index (κ2) is 4.98. The highest BCUT2D eigenvalue weighted by molar-refractivity contribution is 5.86. The van der Waals surface area contributed by atoms with Gasteiger partial charge in [0.15, 0.2) is 0 Å². The Morgan fingerprint density at radius 2 is 2.21 bits per heavy atom. The van der Waals surface area contributed by atoms with E-state index < -0.39 is 0 Å². The third-order valence-electron chi connectivity index (χ3n) is 2.59. The van der Waals surface area contributed by atoms with Crippen LogP contribution in [0.3, 0.4) is 0 Å². The van der Waals surface area contributed by atoms with Crippen LogP contribution < -0.4 is 11.1 Å². The maximum absolute atomic E-state index is 11.3. The summed E-state index contributed by atoms with van der Waals surface area (Å²) >= 11 is 0. The average Bonchev–Trinajstić information content (AvgIpc) is 2.07. The van der Waals surface area contributed by atoms with E-state index in [9.17, 15) is 9.59 Å². The number of amides is 2. The minimum atomic E-state index is -0.363. The molecule has 0 spiro atoms. The van der Waals surface area contributed by atoms with E-state index in [4.69, 9.17) is 5.73 Å². The first-order chi connectivity index (χ1) is 6.59. The van der Waals surface area contributed by atoms with Crippen molar-refractivity contribution in [1.82, 2.24) is 5.32 Å². The molecule has 3 N–H and O–H groups in total. The van der Waals surface area contributed by atoms with Gasteiger partial charge in [-0.15, -0.1) is 0 Å². The minimum Gasteiger partial charge on any atom is -0.369 e. The summed E-state index contributed by atoms with van der Waals surface area (Å²) in [7, 11) is 0. The monoisotopic (exact) mass is 197 g/mol. The van der Waals surface area contributed by atoms with E-state index in [1.165, 1.54) is 12.8 Å². The summed E-state index contributed by atoms with van der Waals surface area (Å²) in [5.41, 5.74) is 5.07. The normalized spacial score (nSPS) is 18.4. The lowest BCUT2D eigenvalue weighted by Gasteiger charge is -2.26. The largest absolute Gasteiger partial charge is 0.369 e. The Morgan fingerprint density at radius 1 is 1.57 bits per heavy atom. The van der Waals surface area contributed by atoms with Gasteiger partial charge in [-0.25, -0.2) is 0 Å². The zero-order valence-corrected chi connectivity index (χ0v) is 8.45. The molecular formula is C10H17N2O2. The zero-order chi connectivity index (χ0) is 10.6. The van der Waals surface area contributed by atoms with Gasteiger partial charge >= 0.3 is 0 Å². The summed E-state index contributed by atoms with van der Waals surface area (Å²) in [4.78, 5) is 21.9. The van der Waals surface area contributed by atoms with Gasteiger partial charge in [0.1, 0.15) is 0 Å². The number of carbonyl (C=O) groups excluding carboxylic acids is 2. The molecule has 0 aromatic heterocycles. The van der Waals surface area contributed by atoms with Crippen LogP contribution in [0.4, 0.5) is 0 Å². The number of carbonyl (C=O) groups is 2. The predicted octanol–water partition coefficient (Wildman–Crippen LogP) is 0.371. The molecule has 79 valence electrons. The fourth-order valence-corrected chi connectivity index (χ4v) is 1.21. The molecule has 1 aliphatic carbocycles. The number of nitrogens with two attached hydrogens (primary N) is 1. The molecule has 1 aliphatic rings. The fourth-order valence-electron chi connectivity index (χ4n) is 1.21. The van der Waals surface area contributed by atoms with E-state index in [0.717, 1.165) is 12.8 Å². The Balaban J connectivity index is 2.10. The molecule has 1 radical (unpaired) electrons. The molecular weight excluding hydrogens is 180 g/mol. The number of hydrogen-bond donors (Lipinski definition) is 2. The number of primary amides is 1. The highest BCUT2D eigenvalue weighted by atomic mass is 16.2. The molecule has 0 saturated heterocycles. The van der Waals surface area contributed by atoms with Crippen molar-refractivity contribution in [3.8, 4) is 0 Å². The number of nitrogens with one attached hydrogen (secondary N) is 1. The lowest BCUT2D eigenvalue weighted by molar-refractivity contribution is -0.121. The number of rotatable bonds is 5. The van der Waals surface area contributed by atoms with E-state index in [-0.39, 0.29) is 17.7 Å². The first-order valence-corrected chi connectivity index (χ1v) is 5.02. The van der Waals surface area contributed by atoms with Gasteiger partial charge in [-0.1, -0.05) is 6.92 Å². The first kappa shape index (κ1) is 11.0. The molecule has 0 aromatic carbocycles. The summed E-state index contributed by atoms with van der Waals surface area (Å²) < 4.78 is 0. The van der Waals surface area contributed by atoms with Gasteiger partial charge in [0.2, 0.25) is 11.8 Å². The Kier molecular flexibility index (Phi) is 3.92. The van der Waals surface area contributed by atoms with Gasteiger partial charge in [-0.3, -0.25) is 9.59 Å². The highest BCUT2D eigenvalue weighted by Crippen LogP contribution is 2.18. The Morgan fingerprint density at radius 3 is 2.64 bits per heavy atom. The molecule has 0 bridgehead atoms. The maximum Gasteiger partial charge on any atom is 0.224 e. The predicted molar refractivity (Wildman–Crippen MR) is 53.1 cm³/mol. The molecule has 4 heteroatoms. The van der Waals surface area contributed by atoms with Crippen LogP contribution in [0.5, 0.6) is 0 Å². The van der Waals surface area contributed by atoms with Crippen molar-refractivity contribution in [1.29, 1.82) is 0 Å². The van der Waals surface area contributed by atoms with Gasteiger partial charge in [-0.2, -0.15) is 0 Å². The van der Waals surface area contributed by atoms with Gasteiger partial charge < -0.3 is 11.1 Å². The summed E-state index contributed by atoms with van der Waals surface area (Å²) in [5, 5.41) is 2.86. The van der Waals surface area contributed by atoms with E-state index in [1.807, 2.05) is 0 Å². The van der Waals surface area contributed by atoms with Gasteiger partial charge in [0, 0.05) is 12.0 Å². The van der Waals surface area contributed by atoms with Crippen molar-refractivity contribution in [2.45, 2.75) is 38.6 Å². The summed E-state index contributed by atoms with van der Waals surface area (Å²) in [6.07, 6.45) is 5.28. The molecule has 4 nitrogen and oxygen atoms in total. The van der Waals surface area contributed by atoms with Crippen molar-refractivity contribution in [2.75, 3.05) is 0 Å². The standard InChI is InChI=1S/C10H17N2O2/c1-7(10(11)14)5-6-9(13)12-8-3-2-4-8/h6-8H,2-5H2,1H3,(H2,11,14)(H,12,13)/t7-/m0/s1. The molecule has 1 saturated carbocycles. The van der Waals surface area contributed by atoms with Gasteiger partial charge in [-0.05, 0) is 25.7 Å². The van der Waals surface area contributed by atoms with Crippen LogP contribution in [-0.2, 0) is 9.59 Å². The summed E-state index contributed by atoms with van der Waals surface area (Å²) in [6.45, 7) is 1.72. The van der Waals surface area contributed by atoms with E-state index in [1.54, 1.807) is 6.92 Å². The van der Waals surface area contributed by atoms with Crippen molar-refractivity contribution in [3.63, 3.8) is 0 Å². The van der Waals surface area contributed by atoms with Crippen molar-refractivity contribution in [2.24, 2.45) is 11.7 Å². The van der Waals surface area contributed by atoms with Crippen LogP contribution in [0.1, 0.15) is 32.6 Å². The van der Waals surface area contributed by atoms with Crippen LogP contribution in [0, 0.1) is 12.3 Å². The zero-order valence-electron chi connectivity index (χ0n) is 8.45. The summed E-state index contributed by atoms with van der Waals surface area (Å²) in [6, 6.07) is 0.350. The lowest BCUT2D eigenvalue weighted by atomic mass is 9.93. The second-order valence-corrected chi connectivity index (χ2v) is 3.88. The summed E-state index contributed by atoms with van der Waals surface area (Å²) in [5.74, 6) is -0.706. The SMILES string of the molecule is C[C@@H](C[CH]C(=O)NC1CCC1)C(N)=O. The van der Waals surface area contributed by atoms with Crippen LogP contribution in [-0.4, -0.2) is 17.9 Å². The second-order valence-electron chi connectivity index (χ2n) is 3.88. The Labute approximate surface area is 84.2 Å². The van der Waals surface area contributed by atoms with Crippen molar-refractivity contribution < 1.29 is 9.59 Å². The molecule has 1 atom stereocenters. The van der Waals surface area contributed by atoms with Crippen LogP contribution in [0.25, 0.3) is 0 Å². The molecule has 2 amide bonds. The first-order valence-electron chi connectivity index (χ1n) is 5.02. The van der Waals surface area contributed by atoms with E-state index in [0.29, 0.717) is 12.5 Å². The number of hydrogen-bond acceptors (Lipinski definition) is 2. The smallest absolute Gasteiger partial charge is 0.224 e. The molecule has 0 aromatic rings. The molecule has 1 rings (SSSR count). The quantitative estimate of drug-likeness (QED) is 0.668. The van der Waals surface area contributed by atoms with Gasteiger partial charge in [0.05, 0.1) is 6.42 Å².